The zero-order chi connectivity index (χ0) is 17.8. The van der Waals surface area contributed by atoms with E-state index in [0.717, 1.165) is 5.76 Å². The highest BCUT2D eigenvalue weighted by atomic mass is 35.5. The van der Waals surface area contributed by atoms with Crippen molar-refractivity contribution in [1.82, 2.24) is 15.0 Å². The zero-order valence-corrected chi connectivity index (χ0v) is 14.6. The van der Waals surface area contributed by atoms with Crippen molar-refractivity contribution in [3.63, 3.8) is 0 Å². The fourth-order valence-corrected chi connectivity index (χ4v) is 2.79. The molecule has 1 N–H and O–H groups in total. The Hall–Kier alpha value is -2.42. The van der Waals surface area contributed by atoms with Crippen LogP contribution in [0.1, 0.15) is 5.76 Å². The Morgan fingerprint density at radius 3 is 3.00 bits per heavy atom. The first-order valence-electron chi connectivity index (χ1n) is 8.20. The van der Waals surface area contributed by atoms with E-state index >= 15 is 0 Å². The standard InChI is InChI=1S/C17H17ClN4O4/c18-17-21-14-13(26-10-12-9-23-6-7-25-12)3-4-19-15(14)16(22-17)20-8-11-2-1-5-24-11/h1-5,12H,6-10H2,(H,20,21,22). The number of pyridine rings is 1. The Morgan fingerprint density at radius 2 is 2.19 bits per heavy atom. The molecule has 0 amide bonds. The molecule has 1 saturated heterocycles. The van der Waals surface area contributed by atoms with E-state index < -0.39 is 0 Å². The van der Waals surface area contributed by atoms with E-state index in [4.69, 9.17) is 30.2 Å². The molecule has 1 atom stereocenters. The highest BCUT2D eigenvalue weighted by Crippen LogP contribution is 2.28. The molecule has 4 rings (SSSR count). The number of hydrogen-bond donors (Lipinski definition) is 1. The van der Waals surface area contributed by atoms with Crippen LogP contribution in [0.15, 0.2) is 35.1 Å². The summed E-state index contributed by atoms with van der Waals surface area (Å²) in [5.74, 6) is 1.85. The quantitative estimate of drug-likeness (QED) is 0.656. The zero-order valence-electron chi connectivity index (χ0n) is 13.9. The van der Waals surface area contributed by atoms with Crippen LogP contribution in [0, 0.1) is 0 Å². The lowest BCUT2D eigenvalue weighted by Crippen LogP contribution is -2.33. The molecule has 1 aliphatic rings. The molecular formula is C17H17ClN4O4. The number of rotatable bonds is 6. The molecule has 0 aromatic carbocycles. The van der Waals surface area contributed by atoms with Gasteiger partial charge in [-0.25, -0.2) is 4.98 Å². The summed E-state index contributed by atoms with van der Waals surface area (Å²) in [5.41, 5.74) is 1.10. The van der Waals surface area contributed by atoms with E-state index in [2.05, 4.69) is 20.3 Å². The topological polar surface area (TPSA) is 91.5 Å². The molecule has 1 aliphatic heterocycles. The van der Waals surface area contributed by atoms with E-state index in [0.29, 0.717) is 55.6 Å². The van der Waals surface area contributed by atoms with Gasteiger partial charge in [0.25, 0.3) is 0 Å². The smallest absolute Gasteiger partial charge is 0.225 e. The number of furan rings is 1. The monoisotopic (exact) mass is 376 g/mol. The van der Waals surface area contributed by atoms with Crippen molar-refractivity contribution in [2.45, 2.75) is 12.6 Å². The average molecular weight is 377 g/mol. The number of nitrogens with one attached hydrogen (secondary N) is 1. The fourth-order valence-electron chi connectivity index (χ4n) is 2.62. The first-order valence-corrected chi connectivity index (χ1v) is 8.58. The normalized spacial score (nSPS) is 17.3. The molecule has 1 fully saturated rings. The summed E-state index contributed by atoms with van der Waals surface area (Å²) >= 11 is 6.09. The molecule has 3 aromatic heterocycles. The number of fused-ring (bicyclic) bond motifs is 1. The lowest BCUT2D eigenvalue weighted by atomic mass is 10.3. The van der Waals surface area contributed by atoms with E-state index in [1.165, 1.54) is 0 Å². The van der Waals surface area contributed by atoms with E-state index in [-0.39, 0.29) is 11.4 Å². The molecule has 0 aliphatic carbocycles. The van der Waals surface area contributed by atoms with Crippen LogP contribution in [0.25, 0.3) is 11.0 Å². The molecule has 0 bridgehead atoms. The van der Waals surface area contributed by atoms with Gasteiger partial charge in [-0.05, 0) is 23.7 Å². The number of halogens is 1. The first-order chi connectivity index (χ1) is 12.8. The van der Waals surface area contributed by atoms with Crippen LogP contribution in [0.3, 0.4) is 0 Å². The second-order valence-corrected chi connectivity index (χ2v) is 6.00. The minimum absolute atomic E-state index is 0.106. The summed E-state index contributed by atoms with van der Waals surface area (Å²) in [6, 6.07) is 5.43. The summed E-state index contributed by atoms with van der Waals surface area (Å²) in [6.45, 7) is 2.50. The third-order valence-electron chi connectivity index (χ3n) is 3.84. The summed E-state index contributed by atoms with van der Waals surface area (Å²) < 4.78 is 22.2. The number of hydrogen-bond acceptors (Lipinski definition) is 8. The molecule has 1 unspecified atom stereocenters. The van der Waals surface area contributed by atoms with Crippen molar-refractivity contribution in [3.05, 3.63) is 41.7 Å². The molecule has 4 heterocycles. The van der Waals surface area contributed by atoms with Crippen LogP contribution in [-0.4, -0.2) is 47.5 Å². The van der Waals surface area contributed by atoms with Gasteiger partial charge in [-0.3, -0.25) is 4.98 Å². The molecule has 0 spiro atoms. The molecule has 3 aromatic rings. The van der Waals surface area contributed by atoms with Crippen LogP contribution < -0.4 is 10.1 Å². The van der Waals surface area contributed by atoms with Crippen LogP contribution in [0.5, 0.6) is 5.75 Å². The Balaban J connectivity index is 1.56. The Labute approximate surface area is 154 Å². The van der Waals surface area contributed by atoms with E-state index in [1.807, 2.05) is 12.1 Å². The van der Waals surface area contributed by atoms with Gasteiger partial charge in [0.2, 0.25) is 5.28 Å². The van der Waals surface area contributed by atoms with Gasteiger partial charge >= 0.3 is 0 Å². The predicted molar refractivity (Wildman–Crippen MR) is 94.4 cm³/mol. The maximum Gasteiger partial charge on any atom is 0.225 e. The maximum atomic E-state index is 6.09. The molecular weight excluding hydrogens is 360 g/mol. The second kappa shape index (κ2) is 7.86. The van der Waals surface area contributed by atoms with Crippen molar-refractivity contribution in [2.75, 3.05) is 31.7 Å². The Morgan fingerprint density at radius 1 is 1.23 bits per heavy atom. The first kappa shape index (κ1) is 17.0. The minimum Gasteiger partial charge on any atom is -0.488 e. The summed E-state index contributed by atoms with van der Waals surface area (Å²) in [4.78, 5) is 12.9. The minimum atomic E-state index is -0.110. The third kappa shape index (κ3) is 3.87. The lowest BCUT2D eigenvalue weighted by molar-refractivity contribution is -0.101. The Kier molecular flexibility index (Phi) is 5.14. The highest BCUT2D eigenvalue weighted by Gasteiger charge is 2.17. The van der Waals surface area contributed by atoms with E-state index in [1.54, 1.807) is 18.5 Å². The van der Waals surface area contributed by atoms with Gasteiger partial charge in [0.1, 0.15) is 35.3 Å². The van der Waals surface area contributed by atoms with Crippen molar-refractivity contribution in [2.24, 2.45) is 0 Å². The van der Waals surface area contributed by atoms with Crippen molar-refractivity contribution in [3.8, 4) is 5.75 Å². The summed E-state index contributed by atoms with van der Waals surface area (Å²) in [6.07, 6.45) is 3.15. The SMILES string of the molecule is Clc1nc(NCc2ccco2)c2nccc(OCC3COCCO3)c2n1. The number of nitrogens with zero attached hydrogens (tertiary/aromatic N) is 3. The van der Waals surface area contributed by atoms with Crippen LogP contribution >= 0.6 is 11.6 Å². The summed E-state index contributed by atoms with van der Waals surface area (Å²) in [7, 11) is 0. The van der Waals surface area contributed by atoms with Gasteiger partial charge in [0.05, 0.1) is 32.6 Å². The van der Waals surface area contributed by atoms with E-state index in [9.17, 15) is 0 Å². The molecule has 136 valence electrons. The molecule has 26 heavy (non-hydrogen) atoms. The van der Waals surface area contributed by atoms with Crippen LogP contribution in [-0.2, 0) is 16.0 Å². The molecule has 0 radical (unpaired) electrons. The Bertz CT molecular complexity index is 869. The van der Waals surface area contributed by atoms with Gasteiger partial charge in [-0.1, -0.05) is 0 Å². The van der Waals surface area contributed by atoms with Crippen molar-refractivity contribution in [1.29, 1.82) is 0 Å². The van der Waals surface area contributed by atoms with Gasteiger partial charge in [-0.15, -0.1) is 0 Å². The molecule has 8 nitrogen and oxygen atoms in total. The number of aromatic nitrogens is 3. The highest BCUT2D eigenvalue weighted by molar-refractivity contribution is 6.28. The van der Waals surface area contributed by atoms with Gasteiger partial charge in [0.15, 0.2) is 5.82 Å². The van der Waals surface area contributed by atoms with Crippen molar-refractivity contribution < 1.29 is 18.6 Å². The number of ether oxygens (including phenoxy) is 3. The largest absolute Gasteiger partial charge is 0.488 e. The number of anilines is 1. The van der Waals surface area contributed by atoms with Gasteiger partial charge in [0, 0.05) is 12.3 Å². The van der Waals surface area contributed by atoms with Crippen LogP contribution in [0.4, 0.5) is 5.82 Å². The second-order valence-electron chi connectivity index (χ2n) is 5.66. The average Bonchev–Trinajstić information content (AvgIpc) is 3.19. The summed E-state index contributed by atoms with van der Waals surface area (Å²) in [5, 5.41) is 3.28. The van der Waals surface area contributed by atoms with Gasteiger partial charge < -0.3 is 23.9 Å². The fraction of sp³-hybridized carbons (Fsp3) is 0.353. The van der Waals surface area contributed by atoms with Gasteiger partial charge in [-0.2, -0.15) is 4.98 Å². The van der Waals surface area contributed by atoms with Crippen molar-refractivity contribution >= 4 is 28.5 Å². The lowest BCUT2D eigenvalue weighted by Gasteiger charge is -2.23. The van der Waals surface area contributed by atoms with Crippen LogP contribution in [0.2, 0.25) is 5.28 Å². The molecule has 9 heteroatoms. The molecule has 0 saturated carbocycles. The maximum absolute atomic E-state index is 6.09. The predicted octanol–water partition coefficient (Wildman–Crippen LogP) is 2.68. The third-order valence-corrected chi connectivity index (χ3v) is 4.01.